The molecule has 5 nitrogen and oxygen atoms in total. The van der Waals surface area contributed by atoms with Gasteiger partial charge in [0.2, 0.25) is 5.91 Å². The third-order valence-corrected chi connectivity index (χ3v) is 3.79. The molecule has 110 valence electrons. The minimum absolute atomic E-state index is 0.00424. The number of carbonyl (C=O) groups is 1. The number of imidazole rings is 1. The van der Waals surface area contributed by atoms with Gasteiger partial charge in [-0.1, -0.05) is 18.2 Å². The molecule has 0 aliphatic carbocycles. The molecule has 5 heteroatoms. The second-order valence-electron chi connectivity index (χ2n) is 5.33. The van der Waals surface area contributed by atoms with Crippen LogP contribution >= 0.6 is 0 Å². The zero-order valence-electron chi connectivity index (χ0n) is 12.2. The highest BCUT2D eigenvalue weighted by Gasteiger charge is 2.15. The van der Waals surface area contributed by atoms with E-state index >= 15 is 0 Å². The van der Waals surface area contributed by atoms with Gasteiger partial charge in [0.25, 0.3) is 0 Å². The molecular weight excluding hydrogens is 264 g/mol. The van der Waals surface area contributed by atoms with Crippen LogP contribution in [0.2, 0.25) is 0 Å². The predicted molar refractivity (Wildman–Crippen MR) is 83.2 cm³/mol. The van der Waals surface area contributed by atoms with Gasteiger partial charge in [-0.15, -0.1) is 0 Å². The Kier molecular flexibility index (Phi) is 3.90. The molecule has 1 amide bonds. The fourth-order valence-corrected chi connectivity index (χ4v) is 2.80. The summed E-state index contributed by atoms with van der Waals surface area (Å²) in [5, 5.41) is 6.33. The van der Waals surface area contributed by atoms with Gasteiger partial charge < -0.3 is 15.2 Å². The first-order valence-corrected chi connectivity index (χ1v) is 7.36. The van der Waals surface area contributed by atoms with Crippen LogP contribution in [0.4, 0.5) is 5.69 Å². The average molecular weight is 284 g/mol. The molecular formula is C16H20N4O. The molecule has 1 aliphatic heterocycles. The molecule has 1 aromatic heterocycles. The molecule has 0 saturated carbocycles. The van der Waals surface area contributed by atoms with Crippen molar-refractivity contribution in [3.8, 4) is 11.3 Å². The molecule has 2 heterocycles. The molecule has 0 radical (unpaired) electrons. The van der Waals surface area contributed by atoms with Gasteiger partial charge in [-0.2, -0.15) is 0 Å². The maximum Gasteiger partial charge on any atom is 0.216 e. The Balaban J connectivity index is 1.88. The van der Waals surface area contributed by atoms with Crippen LogP contribution in [-0.2, 0) is 17.8 Å². The maximum atomic E-state index is 11.0. The van der Waals surface area contributed by atoms with Crippen LogP contribution in [0.1, 0.15) is 18.9 Å². The lowest BCUT2D eigenvalue weighted by atomic mass is 9.98. The molecule has 0 saturated heterocycles. The van der Waals surface area contributed by atoms with Crippen LogP contribution in [0.25, 0.3) is 11.3 Å². The molecule has 0 fully saturated rings. The molecule has 3 rings (SSSR count). The highest BCUT2D eigenvalue weighted by atomic mass is 16.1. The quantitative estimate of drug-likeness (QED) is 0.903. The first kappa shape index (κ1) is 13.7. The van der Waals surface area contributed by atoms with Crippen LogP contribution in [0.3, 0.4) is 0 Å². The molecule has 0 spiro atoms. The van der Waals surface area contributed by atoms with E-state index in [0.717, 1.165) is 25.2 Å². The second-order valence-corrected chi connectivity index (χ2v) is 5.33. The molecule has 2 N–H and O–H groups in total. The van der Waals surface area contributed by atoms with Gasteiger partial charge in [0.05, 0.1) is 18.2 Å². The number of hydrogen-bond acceptors (Lipinski definition) is 3. The van der Waals surface area contributed by atoms with E-state index in [2.05, 4.69) is 38.4 Å². The molecule has 0 atom stereocenters. The summed E-state index contributed by atoms with van der Waals surface area (Å²) in [5.74, 6) is -0.00424. The van der Waals surface area contributed by atoms with Crippen molar-refractivity contribution < 1.29 is 4.79 Å². The first-order valence-electron chi connectivity index (χ1n) is 7.36. The Labute approximate surface area is 124 Å². The van der Waals surface area contributed by atoms with E-state index in [9.17, 15) is 4.79 Å². The fourth-order valence-electron chi connectivity index (χ4n) is 2.80. The Morgan fingerprint density at radius 3 is 3.24 bits per heavy atom. The summed E-state index contributed by atoms with van der Waals surface area (Å²) in [6.07, 6.45) is 6.01. The van der Waals surface area contributed by atoms with Crippen molar-refractivity contribution in [2.24, 2.45) is 0 Å². The smallest absolute Gasteiger partial charge is 0.216 e. The van der Waals surface area contributed by atoms with E-state index in [4.69, 9.17) is 0 Å². The number of aryl methyl sites for hydroxylation is 1. The molecule has 21 heavy (non-hydrogen) atoms. The molecule has 1 aromatic carbocycles. The number of fused-ring (bicyclic) bond motifs is 1. The molecule has 0 unspecified atom stereocenters. The number of anilines is 1. The van der Waals surface area contributed by atoms with Crippen LogP contribution in [0.5, 0.6) is 0 Å². The molecule has 0 bridgehead atoms. The number of rotatable bonds is 4. The molecule has 1 aliphatic rings. The summed E-state index contributed by atoms with van der Waals surface area (Å²) in [7, 11) is 0. The average Bonchev–Trinajstić information content (AvgIpc) is 2.94. The van der Waals surface area contributed by atoms with Gasteiger partial charge in [0.15, 0.2) is 0 Å². The van der Waals surface area contributed by atoms with Gasteiger partial charge in [-0.05, 0) is 18.4 Å². The van der Waals surface area contributed by atoms with Crippen LogP contribution in [-0.4, -0.2) is 28.5 Å². The highest BCUT2D eigenvalue weighted by Crippen LogP contribution is 2.33. The van der Waals surface area contributed by atoms with Crippen molar-refractivity contribution in [3.63, 3.8) is 0 Å². The van der Waals surface area contributed by atoms with Crippen molar-refractivity contribution in [1.82, 2.24) is 14.9 Å². The lowest BCUT2D eigenvalue weighted by Crippen LogP contribution is -2.24. The fraction of sp³-hybridized carbons (Fsp3) is 0.375. The van der Waals surface area contributed by atoms with E-state index in [1.54, 1.807) is 0 Å². The number of hydrogen-bond donors (Lipinski definition) is 2. The zero-order chi connectivity index (χ0) is 14.7. The Morgan fingerprint density at radius 1 is 1.48 bits per heavy atom. The Hall–Kier alpha value is -2.30. The van der Waals surface area contributed by atoms with E-state index in [1.165, 1.54) is 30.2 Å². The predicted octanol–water partition coefficient (Wildman–Crippen LogP) is 2.04. The van der Waals surface area contributed by atoms with Crippen molar-refractivity contribution in [2.45, 2.75) is 26.3 Å². The van der Waals surface area contributed by atoms with E-state index in [0.29, 0.717) is 6.54 Å². The van der Waals surface area contributed by atoms with Crippen molar-refractivity contribution >= 4 is 11.6 Å². The van der Waals surface area contributed by atoms with Gasteiger partial charge >= 0.3 is 0 Å². The Bertz CT molecular complexity index is 647. The van der Waals surface area contributed by atoms with Crippen LogP contribution in [0, 0.1) is 0 Å². The van der Waals surface area contributed by atoms with Crippen molar-refractivity contribution in [3.05, 3.63) is 36.3 Å². The maximum absolute atomic E-state index is 11.0. The topological polar surface area (TPSA) is 59.0 Å². The number of benzene rings is 1. The van der Waals surface area contributed by atoms with Gasteiger partial charge in [-0.25, -0.2) is 4.98 Å². The van der Waals surface area contributed by atoms with Crippen molar-refractivity contribution in [2.75, 3.05) is 18.4 Å². The number of amides is 1. The van der Waals surface area contributed by atoms with Crippen molar-refractivity contribution in [1.29, 1.82) is 0 Å². The third kappa shape index (κ3) is 2.91. The minimum Gasteiger partial charge on any atom is -0.384 e. The number of carbonyl (C=O) groups excluding carboxylic acids is 1. The normalized spacial score (nSPS) is 13.4. The van der Waals surface area contributed by atoms with Gasteiger partial charge in [0.1, 0.15) is 0 Å². The number of para-hydroxylation sites is 1. The lowest BCUT2D eigenvalue weighted by Gasteiger charge is -2.21. The van der Waals surface area contributed by atoms with Crippen LogP contribution < -0.4 is 10.6 Å². The monoisotopic (exact) mass is 284 g/mol. The highest BCUT2D eigenvalue weighted by molar-refractivity contribution is 5.79. The Morgan fingerprint density at radius 2 is 2.38 bits per heavy atom. The van der Waals surface area contributed by atoms with E-state index in [-0.39, 0.29) is 5.91 Å². The minimum atomic E-state index is -0.00424. The van der Waals surface area contributed by atoms with E-state index in [1.807, 2.05) is 12.5 Å². The summed E-state index contributed by atoms with van der Waals surface area (Å²) in [6, 6.07) is 6.42. The standard InChI is InChI=1S/C16H20N4O/c1-12(21)18-8-9-20-11-17-10-15(20)14-6-2-4-13-5-3-7-19-16(13)14/h2,4,6,10-11,19H,3,5,7-9H2,1H3,(H,18,21). The SMILES string of the molecule is CC(=O)NCCn1cncc1-c1cccc2c1NCCC2. The summed E-state index contributed by atoms with van der Waals surface area (Å²) in [4.78, 5) is 15.2. The van der Waals surface area contributed by atoms with Gasteiger partial charge in [0, 0.05) is 37.8 Å². The summed E-state index contributed by atoms with van der Waals surface area (Å²) < 4.78 is 2.09. The lowest BCUT2D eigenvalue weighted by molar-refractivity contribution is -0.118. The number of aromatic nitrogens is 2. The van der Waals surface area contributed by atoms with Crippen LogP contribution in [0.15, 0.2) is 30.7 Å². The van der Waals surface area contributed by atoms with E-state index < -0.39 is 0 Å². The first-order chi connectivity index (χ1) is 10.3. The third-order valence-electron chi connectivity index (χ3n) is 3.79. The summed E-state index contributed by atoms with van der Waals surface area (Å²) in [5.41, 5.74) is 4.87. The van der Waals surface area contributed by atoms with Gasteiger partial charge in [-0.3, -0.25) is 4.79 Å². The second kappa shape index (κ2) is 5.99. The molecule has 2 aromatic rings. The number of nitrogens with one attached hydrogen (secondary N) is 2. The summed E-state index contributed by atoms with van der Waals surface area (Å²) >= 11 is 0. The largest absolute Gasteiger partial charge is 0.384 e. The number of nitrogens with zero attached hydrogens (tertiary/aromatic N) is 2. The zero-order valence-corrected chi connectivity index (χ0v) is 12.2. The summed E-state index contributed by atoms with van der Waals surface area (Å²) in [6.45, 7) is 3.89.